The maximum Gasteiger partial charge on any atom is 0.269 e. The Kier molecular flexibility index (Phi) is 9.31. The standard InChI is InChI=1S/C16H20N4O2S.HI/c1-2-17-16(18-9-8-15-7-4-10-23-15)19-12-13-5-3-6-14(11-13)20(21)22;/h3-7,10-11H,2,8-9,12H2,1H3,(H2,17,18,19);1H. The molecule has 0 bridgehead atoms. The van der Waals surface area contributed by atoms with Gasteiger partial charge in [0.25, 0.3) is 5.69 Å². The number of rotatable bonds is 7. The first-order chi connectivity index (χ1) is 11.2. The van der Waals surface area contributed by atoms with Crippen molar-refractivity contribution in [2.45, 2.75) is 19.9 Å². The molecule has 0 atom stereocenters. The van der Waals surface area contributed by atoms with Crippen LogP contribution in [0.1, 0.15) is 17.4 Å². The van der Waals surface area contributed by atoms with E-state index in [2.05, 4.69) is 27.1 Å². The topological polar surface area (TPSA) is 79.6 Å². The molecule has 0 aliphatic heterocycles. The Morgan fingerprint density at radius 3 is 2.79 bits per heavy atom. The second-order valence-corrected chi connectivity index (χ2v) is 5.91. The van der Waals surface area contributed by atoms with Crippen molar-refractivity contribution in [3.05, 3.63) is 62.3 Å². The van der Waals surface area contributed by atoms with Gasteiger partial charge in [-0.25, -0.2) is 4.99 Å². The van der Waals surface area contributed by atoms with E-state index < -0.39 is 4.92 Å². The fourth-order valence-electron chi connectivity index (χ4n) is 2.04. The fraction of sp³-hybridized carbons (Fsp3) is 0.312. The van der Waals surface area contributed by atoms with Crippen LogP contribution in [0.5, 0.6) is 0 Å². The molecular formula is C16H21IN4O2S. The third-order valence-electron chi connectivity index (χ3n) is 3.13. The number of aliphatic imine (C=N–C) groups is 1. The fourth-order valence-corrected chi connectivity index (χ4v) is 2.75. The van der Waals surface area contributed by atoms with Gasteiger partial charge in [-0.1, -0.05) is 18.2 Å². The lowest BCUT2D eigenvalue weighted by Crippen LogP contribution is -2.38. The van der Waals surface area contributed by atoms with Gasteiger partial charge in [0, 0.05) is 30.1 Å². The molecule has 0 aliphatic carbocycles. The van der Waals surface area contributed by atoms with Crippen LogP contribution in [0.3, 0.4) is 0 Å². The summed E-state index contributed by atoms with van der Waals surface area (Å²) in [5.41, 5.74) is 0.906. The first-order valence-electron chi connectivity index (χ1n) is 7.47. The number of nitrogens with zero attached hydrogens (tertiary/aromatic N) is 2. The highest BCUT2D eigenvalue weighted by Gasteiger charge is 2.05. The first-order valence-corrected chi connectivity index (χ1v) is 8.35. The van der Waals surface area contributed by atoms with Crippen molar-refractivity contribution in [2.75, 3.05) is 13.1 Å². The van der Waals surface area contributed by atoms with Crippen molar-refractivity contribution >= 4 is 47.0 Å². The minimum Gasteiger partial charge on any atom is -0.357 e. The van der Waals surface area contributed by atoms with E-state index in [0.29, 0.717) is 6.54 Å². The van der Waals surface area contributed by atoms with Crippen molar-refractivity contribution in [1.82, 2.24) is 10.6 Å². The Balaban J connectivity index is 0.00000288. The normalized spacial score (nSPS) is 10.8. The van der Waals surface area contributed by atoms with E-state index in [1.165, 1.54) is 10.9 Å². The molecule has 130 valence electrons. The molecule has 2 rings (SSSR count). The molecule has 8 heteroatoms. The second kappa shape index (κ2) is 11.0. The first kappa shape index (κ1) is 20.4. The van der Waals surface area contributed by atoms with Crippen LogP contribution in [0.4, 0.5) is 5.69 Å². The SMILES string of the molecule is CCNC(=NCc1cccc([N+](=O)[O-])c1)NCCc1cccs1.I. The van der Waals surface area contributed by atoms with Crippen molar-refractivity contribution < 1.29 is 4.92 Å². The van der Waals surface area contributed by atoms with Crippen LogP contribution < -0.4 is 10.6 Å². The Bertz CT molecular complexity index is 662. The van der Waals surface area contributed by atoms with E-state index in [1.807, 2.05) is 19.1 Å². The van der Waals surface area contributed by atoms with Crippen LogP contribution in [0, 0.1) is 10.1 Å². The maximum absolute atomic E-state index is 10.8. The summed E-state index contributed by atoms with van der Waals surface area (Å²) in [6, 6.07) is 10.7. The van der Waals surface area contributed by atoms with Gasteiger partial charge in [0.05, 0.1) is 11.5 Å². The number of halogens is 1. The minimum absolute atomic E-state index is 0. The summed E-state index contributed by atoms with van der Waals surface area (Å²) in [5, 5.41) is 19.3. The van der Waals surface area contributed by atoms with Crippen LogP contribution in [0.25, 0.3) is 0 Å². The average molecular weight is 460 g/mol. The molecule has 0 saturated carbocycles. The number of nitrogens with one attached hydrogen (secondary N) is 2. The molecule has 6 nitrogen and oxygen atoms in total. The summed E-state index contributed by atoms with van der Waals surface area (Å²) in [5.74, 6) is 0.718. The number of nitro groups is 1. The van der Waals surface area contributed by atoms with Crippen LogP contribution in [-0.4, -0.2) is 24.0 Å². The van der Waals surface area contributed by atoms with Crippen molar-refractivity contribution in [3.8, 4) is 0 Å². The molecule has 0 spiro atoms. The number of guanidine groups is 1. The van der Waals surface area contributed by atoms with Gasteiger partial charge in [0.15, 0.2) is 5.96 Å². The highest BCUT2D eigenvalue weighted by molar-refractivity contribution is 14.0. The number of benzene rings is 1. The Labute approximate surface area is 162 Å². The van der Waals surface area contributed by atoms with E-state index in [0.717, 1.165) is 31.0 Å². The predicted octanol–water partition coefficient (Wildman–Crippen LogP) is 3.57. The zero-order valence-corrected chi connectivity index (χ0v) is 16.5. The Morgan fingerprint density at radius 2 is 2.12 bits per heavy atom. The van der Waals surface area contributed by atoms with Gasteiger partial charge < -0.3 is 10.6 Å². The quantitative estimate of drug-likeness (QED) is 0.218. The number of thiophene rings is 1. The smallest absolute Gasteiger partial charge is 0.269 e. The van der Waals surface area contributed by atoms with Gasteiger partial charge in [0.2, 0.25) is 0 Å². The average Bonchev–Trinajstić information content (AvgIpc) is 3.06. The molecule has 1 aromatic heterocycles. The van der Waals surface area contributed by atoms with Crippen molar-refractivity contribution in [2.24, 2.45) is 4.99 Å². The van der Waals surface area contributed by atoms with E-state index in [4.69, 9.17) is 0 Å². The third-order valence-corrected chi connectivity index (χ3v) is 4.07. The maximum atomic E-state index is 10.8. The highest BCUT2D eigenvalue weighted by Crippen LogP contribution is 2.13. The molecule has 0 saturated heterocycles. The largest absolute Gasteiger partial charge is 0.357 e. The molecule has 0 radical (unpaired) electrons. The van der Waals surface area contributed by atoms with E-state index in [9.17, 15) is 10.1 Å². The zero-order valence-electron chi connectivity index (χ0n) is 13.4. The summed E-state index contributed by atoms with van der Waals surface area (Å²) < 4.78 is 0. The summed E-state index contributed by atoms with van der Waals surface area (Å²) in [6.45, 7) is 3.96. The predicted molar refractivity (Wildman–Crippen MR) is 109 cm³/mol. The van der Waals surface area contributed by atoms with Gasteiger partial charge in [-0.3, -0.25) is 10.1 Å². The van der Waals surface area contributed by atoms with Gasteiger partial charge in [-0.05, 0) is 30.4 Å². The second-order valence-electron chi connectivity index (χ2n) is 4.88. The molecule has 2 aromatic rings. The summed E-state index contributed by atoms with van der Waals surface area (Å²) in [4.78, 5) is 16.2. The molecule has 1 heterocycles. The summed E-state index contributed by atoms with van der Waals surface area (Å²) >= 11 is 1.74. The van der Waals surface area contributed by atoms with Gasteiger partial charge >= 0.3 is 0 Å². The number of hydrogen-bond acceptors (Lipinski definition) is 4. The molecule has 1 aromatic carbocycles. The molecule has 2 N–H and O–H groups in total. The molecule has 24 heavy (non-hydrogen) atoms. The highest BCUT2D eigenvalue weighted by atomic mass is 127. The lowest BCUT2D eigenvalue weighted by molar-refractivity contribution is -0.384. The van der Waals surface area contributed by atoms with E-state index >= 15 is 0 Å². The number of hydrogen-bond donors (Lipinski definition) is 2. The van der Waals surface area contributed by atoms with Gasteiger partial charge in [-0.2, -0.15) is 0 Å². The molecule has 0 aliphatic rings. The Hall–Kier alpha value is -1.68. The molecule has 0 fully saturated rings. The van der Waals surface area contributed by atoms with Crippen LogP contribution in [-0.2, 0) is 13.0 Å². The Morgan fingerprint density at radius 1 is 1.29 bits per heavy atom. The zero-order chi connectivity index (χ0) is 16.5. The summed E-state index contributed by atoms with van der Waals surface area (Å²) in [7, 11) is 0. The van der Waals surface area contributed by atoms with Gasteiger partial charge in [0.1, 0.15) is 0 Å². The van der Waals surface area contributed by atoms with E-state index in [-0.39, 0.29) is 29.7 Å². The minimum atomic E-state index is -0.391. The lowest BCUT2D eigenvalue weighted by Gasteiger charge is -2.10. The van der Waals surface area contributed by atoms with Crippen molar-refractivity contribution in [3.63, 3.8) is 0 Å². The third kappa shape index (κ3) is 6.83. The van der Waals surface area contributed by atoms with Crippen molar-refractivity contribution in [1.29, 1.82) is 0 Å². The number of nitro benzene ring substituents is 1. The van der Waals surface area contributed by atoms with Crippen LogP contribution in [0.2, 0.25) is 0 Å². The van der Waals surface area contributed by atoms with Crippen LogP contribution >= 0.6 is 35.3 Å². The molecule has 0 amide bonds. The van der Waals surface area contributed by atoms with Gasteiger partial charge in [-0.15, -0.1) is 35.3 Å². The number of non-ortho nitro benzene ring substituents is 1. The lowest BCUT2D eigenvalue weighted by atomic mass is 10.2. The van der Waals surface area contributed by atoms with Crippen LogP contribution in [0.15, 0.2) is 46.8 Å². The monoisotopic (exact) mass is 460 g/mol. The molecule has 0 unspecified atom stereocenters. The van der Waals surface area contributed by atoms with E-state index in [1.54, 1.807) is 23.5 Å². The summed E-state index contributed by atoms with van der Waals surface area (Å²) in [6.07, 6.45) is 0.943. The molecular weight excluding hydrogens is 439 g/mol.